The predicted octanol–water partition coefficient (Wildman–Crippen LogP) is 2.65. The van der Waals surface area contributed by atoms with Crippen molar-refractivity contribution in [3.63, 3.8) is 0 Å². The van der Waals surface area contributed by atoms with Gasteiger partial charge in [-0.05, 0) is 30.5 Å². The number of rotatable bonds is 2. The highest BCUT2D eigenvalue weighted by Crippen LogP contribution is 2.47. The van der Waals surface area contributed by atoms with Crippen LogP contribution in [0.1, 0.15) is 37.7 Å². The Kier molecular flexibility index (Phi) is 2.88. The van der Waals surface area contributed by atoms with Crippen molar-refractivity contribution in [1.82, 2.24) is 4.90 Å². The fraction of sp³-hybridized carbons (Fsp3) is 0.467. The first kappa shape index (κ1) is 12.3. The van der Waals surface area contributed by atoms with Crippen molar-refractivity contribution in [2.24, 2.45) is 5.41 Å². The summed E-state index contributed by atoms with van der Waals surface area (Å²) in [6.45, 7) is 0.264. The van der Waals surface area contributed by atoms with Gasteiger partial charge in [-0.2, -0.15) is 0 Å². The van der Waals surface area contributed by atoms with Gasteiger partial charge in [0.05, 0.1) is 12.0 Å². The standard InChI is InChI=1S/C15H16FNO2/c16-12-5-3-11(4-6-12)10-17-13(18)9-15(14(17)19)7-1-2-8-15/h3-6H,1-2,7-10H2. The molecule has 1 aliphatic heterocycles. The van der Waals surface area contributed by atoms with E-state index >= 15 is 0 Å². The van der Waals surface area contributed by atoms with Crippen LogP contribution in [0.2, 0.25) is 0 Å². The molecule has 1 heterocycles. The number of benzene rings is 1. The van der Waals surface area contributed by atoms with E-state index in [4.69, 9.17) is 0 Å². The van der Waals surface area contributed by atoms with Crippen molar-refractivity contribution >= 4 is 11.8 Å². The van der Waals surface area contributed by atoms with E-state index in [1.54, 1.807) is 12.1 Å². The molecule has 0 bridgehead atoms. The average molecular weight is 261 g/mol. The molecule has 0 atom stereocenters. The molecule has 1 spiro atoms. The van der Waals surface area contributed by atoms with E-state index in [9.17, 15) is 14.0 Å². The lowest BCUT2D eigenvalue weighted by Crippen LogP contribution is -2.33. The molecule has 1 aromatic rings. The van der Waals surface area contributed by atoms with E-state index in [0.29, 0.717) is 6.42 Å². The molecule has 1 aromatic carbocycles. The largest absolute Gasteiger partial charge is 0.278 e. The topological polar surface area (TPSA) is 37.4 Å². The molecule has 0 aromatic heterocycles. The second-order valence-electron chi connectivity index (χ2n) is 5.58. The van der Waals surface area contributed by atoms with Gasteiger partial charge in [0.25, 0.3) is 0 Å². The van der Waals surface area contributed by atoms with Gasteiger partial charge in [0.15, 0.2) is 0 Å². The van der Waals surface area contributed by atoms with Crippen molar-refractivity contribution in [3.05, 3.63) is 35.6 Å². The highest BCUT2D eigenvalue weighted by atomic mass is 19.1. The molecule has 1 saturated heterocycles. The number of carbonyl (C=O) groups is 2. The van der Waals surface area contributed by atoms with E-state index in [-0.39, 0.29) is 24.2 Å². The van der Waals surface area contributed by atoms with Gasteiger partial charge in [-0.25, -0.2) is 4.39 Å². The van der Waals surface area contributed by atoms with Gasteiger partial charge in [-0.15, -0.1) is 0 Å². The minimum absolute atomic E-state index is 0.0284. The molecule has 1 saturated carbocycles. The molecule has 0 unspecified atom stereocenters. The summed E-state index contributed by atoms with van der Waals surface area (Å²) in [5, 5.41) is 0. The number of hydrogen-bond acceptors (Lipinski definition) is 2. The Bertz CT molecular complexity index is 517. The van der Waals surface area contributed by atoms with Crippen molar-refractivity contribution in [2.45, 2.75) is 38.6 Å². The quantitative estimate of drug-likeness (QED) is 0.767. The van der Waals surface area contributed by atoms with Crippen LogP contribution in [0.5, 0.6) is 0 Å². The molecule has 0 N–H and O–H groups in total. The second kappa shape index (κ2) is 4.44. The highest BCUT2D eigenvalue weighted by Gasteiger charge is 2.52. The summed E-state index contributed by atoms with van der Waals surface area (Å²) >= 11 is 0. The molecule has 100 valence electrons. The number of halogens is 1. The van der Waals surface area contributed by atoms with Gasteiger partial charge in [-0.1, -0.05) is 25.0 Å². The normalized spacial score (nSPS) is 21.6. The zero-order valence-electron chi connectivity index (χ0n) is 10.7. The van der Waals surface area contributed by atoms with Crippen LogP contribution in [0, 0.1) is 11.2 Å². The molecule has 2 fully saturated rings. The third-order valence-corrected chi connectivity index (χ3v) is 4.30. The maximum absolute atomic E-state index is 12.8. The molecule has 19 heavy (non-hydrogen) atoms. The first-order chi connectivity index (χ1) is 9.11. The minimum Gasteiger partial charge on any atom is -0.278 e. The number of hydrogen-bond donors (Lipinski definition) is 0. The Morgan fingerprint density at radius 1 is 1.11 bits per heavy atom. The molecule has 2 amide bonds. The van der Waals surface area contributed by atoms with Gasteiger partial charge in [0.1, 0.15) is 5.82 Å². The Labute approximate surface area is 111 Å². The number of carbonyl (C=O) groups excluding carboxylic acids is 2. The van der Waals surface area contributed by atoms with Gasteiger partial charge in [0.2, 0.25) is 11.8 Å². The van der Waals surface area contributed by atoms with E-state index in [2.05, 4.69) is 0 Å². The van der Waals surface area contributed by atoms with Crippen LogP contribution >= 0.6 is 0 Å². The summed E-state index contributed by atoms with van der Waals surface area (Å²) in [7, 11) is 0. The van der Waals surface area contributed by atoms with Gasteiger partial charge < -0.3 is 0 Å². The number of imide groups is 1. The van der Waals surface area contributed by atoms with Crippen LogP contribution in [-0.4, -0.2) is 16.7 Å². The van der Waals surface area contributed by atoms with Crippen molar-refractivity contribution in [1.29, 1.82) is 0 Å². The molecular weight excluding hydrogens is 245 g/mol. The highest BCUT2D eigenvalue weighted by molar-refractivity contribution is 6.05. The summed E-state index contributed by atoms with van der Waals surface area (Å²) in [5.41, 5.74) is 0.370. The SMILES string of the molecule is O=C1CC2(CCCC2)C(=O)N1Cc1ccc(F)cc1. The summed E-state index contributed by atoms with van der Waals surface area (Å²) < 4.78 is 12.8. The summed E-state index contributed by atoms with van der Waals surface area (Å²) in [6.07, 6.45) is 4.08. The molecular formula is C15H16FNO2. The Hall–Kier alpha value is -1.71. The van der Waals surface area contributed by atoms with Crippen LogP contribution in [0.4, 0.5) is 4.39 Å². The average Bonchev–Trinajstić information content (AvgIpc) is 2.94. The Morgan fingerprint density at radius 3 is 2.37 bits per heavy atom. The molecule has 0 radical (unpaired) electrons. The third-order valence-electron chi connectivity index (χ3n) is 4.30. The zero-order chi connectivity index (χ0) is 13.5. The fourth-order valence-electron chi connectivity index (χ4n) is 3.23. The third kappa shape index (κ3) is 2.05. The number of nitrogens with zero attached hydrogens (tertiary/aromatic N) is 1. The first-order valence-corrected chi connectivity index (χ1v) is 6.70. The molecule has 1 aliphatic carbocycles. The van der Waals surface area contributed by atoms with Crippen LogP contribution in [0.3, 0.4) is 0 Å². The second-order valence-corrected chi connectivity index (χ2v) is 5.58. The maximum atomic E-state index is 12.8. The van der Waals surface area contributed by atoms with Crippen LogP contribution in [0.25, 0.3) is 0 Å². The summed E-state index contributed by atoms with van der Waals surface area (Å²) in [6, 6.07) is 5.95. The molecule has 4 heteroatoms. The van der Waals surface area contributed by atoms with Crippen molar-refractivity contribution in [3.8, 4) is 0 Å². The predicted molar refractivity (Wildman–Crippen MR) is 67.5 cm³/mol. The lowest BCUT2D eigenvalue weighted by molar-refractivity contribution is -0.142. The van der Waals surface area contributed by atoms with E-state index < -0.39 is 5.41 Å². The molecule has 3 rings (SSSR count). The van der Waals surface area contributed by atoms with E-state index in [1.165, 1.54) is 17.0 Å². The van der Waals surface area contributed by atoms with Gasteiger partial charge in [0, 0.05) is 6.42 Å². The summed E-state index contributed by atoms with van der Waals surface area (Å²) in [5.74, 6) is -0.425. The van der Waals surface area contributed by atoms with Gasteiger partial charge in [-0.3, -0.25) is 14.5 Å². The monoisotopic (exact) mass is 261 g/mol. The first-order valence-electron chi connectivity index (χ1n) is 6.70. The fourth-order valence-corrected chi connectivity index (χ4v) is 3.23. The maximum Gasteiger partial charge on any atom is 0.236 e. The van der Waals surface area contributed by atoms with Crippen LogP contribution in [-0.2, 0) is 16.1 Å². The van der Waals surface area contributed by atoms with Crippen LogP contribution < -0.4 is 0 Å². The van der Waals surface area contributed by atoms with Crippen molar-refractivity contribution in [2.75, 3.05) is 0 Å². The van der Waals surface area contributed by atoms with Crippen molar-refractivity contribution < 1.29 is 14.0 Å². The number of likely N-dealkylation sites (tertiary alicyclic amines) is 1. The zero-order valence-corrected chi connectivity index (χ0v) is 10.7. The smallest absolute Gasteiger partial charge is 0.236 e. The molecule has 3 nitrogen and oxygen atoms in total. The minimum atomic E-state index is -0.420. The molecule has 2 aliphatic rings. The Morgan fingerprint density at radius 2 is 1.74 bits per heavy atom. The van der Waals surface area contributed by atoms with Crippen LogP contribution in [0.15, 0.2) is 24.3 Å². The Balaban J connectivity index is 1.79. The lowest BCUT2D eigenvalue weighted by atomic mass is 9.84. The van der Waals surface area contributed by atoms with E-state index in [0.717, 1.165) is 31.2 Å². The lowest BCUT2D eigenvalue weighted by Gasteiger charge is -2.20. The van der Waals surface area contributed by atoms with E-state index in [1.807, 2.05) is 0 Å². The summed E-state index contributed by atoms with van der Waals surface area (Å²) in [4.78, 5) is 25.8. The number of amides is 2. The van der Waals surface area contributed by atoms with Gasteiger partial charge >= 0.3 is 0 Å².